The number of rotatable bonds is 3. The molecule has 0 heterocycles. The molecule has 0 aliphatic heterocycles. The highest BCUT2D eigenvalue weighted by Crippen LogP contribution is 2.37. The molecule has 1 N–H and O–H groups in total. The van der Waals surface area contributed by atoms with Crippen LogP contribution in [0.1, 0.15) is 33.1 Å². The molecule has 0 radical (unpaired) electrons. The van der Waals surface area contributed by atoms with E-state index in [1.807, 2.05) is 0 Å². The topological polar surface area (TPSA) is 46.2 Å². The third-order valence-corrected chi connectivity index (χ3v) is 5.48. The Morgan fingerprint density at radius 2 is 1.89 bits per heavy atom. The third kappa shape index (κ3) is 3.33. The lowest BCUT2D eigenvalue weighted by atomic mass is 9.92. The van der Waals surface area contributed by atoms with Gasteiger partial charge in [0.25, 0.3) is 0 Å². The number of nitrogens with one attached hydrogen (secondary N) is 1. The van der Waals surface area contributed by atoms with Crippen molar-refractivity contribution in [3.63, 3.8) is 0 Å². The zero-order chi connectivity index (χ0) is 13.4. The van der Waals surface area contributed by atoms with Crippen molar-refractivity contribution in [2.75, 3.05) is 0 Å². The number of hydrogen-bond acceptors (Lipinski definition) is 2. The van der Waals surface area contributed by atoms with Gasteiger partial charge in [0.1, 0.15) is 0 Å². The zero-order valence-corrected chi connectivity index (χ0v) is 13.0. The molecule has 0 spiro atoms. The van der Waals surface area contributed by atoms with Crippen LogP contribution in [-0.4, -0.2) is 14.5 Å². The molecule has 1 saturated carbocycles. The number of hydrogen-bond donors (Lipinski definition) is 1. The van der Waals surface area contributed by atoms with Gasteiger partial charge >= 0.3 is 0 Å². The number of sulfonamides is 1. The second kappa shape index (κ2) is 4.94. The Hall–Kier alpha value is -0.390. The molecular formula is C13H18BrNO2S. The van der Waals surface area contributed by atoms with Gasteiger partial charge in [0.2, 0.25) is 10.0 Å². The maximum Gasteiger partial charge on any atom is 0.240 e. The van der Waals surface area contributed by atoms with E-state index in [-0.39, 0.29) is 11.5 Å². The first kappa shape index (κ1) is 14.0. The SMILES string of the molecule is CC1(C)CCC(NS(=O)(=O)c2ccc(Br)cc2)C1. The first-order valence-electron chi connectivity index (χ1n) is 6.06. The predicted molar refractivity (Wildman–Crippen MR) is 75.9 cm³/mol. The largest absolute Gasteiger partial charge is 0.240 e. The Kier molecular flexibility index (Phi) is 3.85. The predicted octanol–water partition coefficient (Wildman–Crippen LogP) is 3.31. The molecule has 1 unspecified atom stereocenters. The van der Waals surface area contributed by atoms with E-state index in [2.05, 4.69) is 34.5 Å². The van der Waals surface area contributed by atoms with E-state index in [0.29, 0.717) is 4.90 Å². The van der Waals surface area contributed by atoms with E-state index in [1.165, 1.54) is 0 Å². The Bertz CT molecular complexity index is 522. The summed E-state index contributed by atoms with van der Waals surface area (Å²) in [6, 6.07) is 6.79. The van der Waals surface area contributed by atoms with Crippen molar-refractivity contribution in [1.82, 2.24) is 4.72 Å². The highest BCUT2D eigenvalue weighted by Gasteiger charge is 2.33. The summed E-state index contributed by atoms with van der Waals surface area (Å²) < 4.78 is 28.0. The Morgan fingerprint density at radius 3 is 2.39 bits per heavy atom. The quantitative estimate of drug-likeness (QED) is 0.923. The molecule has 1 aromatic rings. The van der Waals surface area contributed by atoms with E-state index in [9.17, 15) is 8.42 Å². The lowest BCUT2D eigenvalue weighted by Crippen LogP contribution is -2.33. The summed E-state index contributed by atoms with van der Waals surface area (Å²) in [6.45, 7) is 4.36. The molecule has 100 valence electrons. The van der Waals surface area contributed by atoms with Crippen LogP contribution in [0.3, 0.4) is 0 Å². The summed E-state index contributed by atoms with van der Waals surface area (Å²) in [5.74, 6) is 0. The van der Waals surface area contributed by atoms with Crippen LogP contribution >= 0.6 is 15.9 Å². The molecule has 1 aliphatic carbocycles. The van der Waals surface area contributed by atoms with E-state index in [1.54, 1.807) is 24.3 Å². The van der Waals surface area contributed by atoms with Crippen LogP contribution in [-0.2, 0) is 10.0 Å². The average Bonchev–Trinajstić information content (AvgIpc) is 2.57. The summed E-state index contributed by atoms with van der Waals surface area (Å²) in [4.78, 5) is 0.329. The van der Waals surface area contributed by atoms with Crippen molar-refractivity contribution in [1.29, 1.82) is 0 Å². The molecule has 1 aromatic carbocycles. The van der Waals surface area contributed by atoms with Gasteiger partial charge in [-0.3, -0.25) is 0 Å². The molecule has 0 amide bonds. The van der Waals surface area contributed by atoms with Crippen LogP contribution < -0.4 is 4.72 Å². The van der Waals surface area contributed by atoms with Crippen LogP contribution in [0.2, 0.25) is 0 Å². The van der Waals surface area contributed by atoms with E-state index < -0.39 is 10.0 Å². The molecule has 1 aliphatic rings. The van der Waals surface area contributed by atoms with Gasteiger partial charge in [-0.25, -0.2) is 13.1 Å². The summed E-state index contributed by atoms with van der Waals surface area (Å²) in [5, 5.41) is 0. The molecule has 0 bridgehead atoms. The molecule has 0 saturated heterocycles. The number of benzene rings is 1. The molecule has 0 aromatic heterocycles. The highest BCUT2D eigenvalue weighted by molar-refractivity contribution is 9.10. The zero-order valence-electron chi connectivity index (χ0n) is 10.6. The molecule has 3 nitrogen and oxygen atoms in total. The second-order valence-corrected chi connectivity index (χ2v) is 8.31. The number of halogens is 1. The van der Waals surface area contributed by atoms with E-state index in [0.717, 1.165) is 23.7 Å². The first-order valence-corrected chi connectivity index (χ1v) is 8.34. The van der Waals surface area contributed by atoms with Gasteiger partial charge in [-0.2, -0.15) is 0 Å². The van der Waals surface area contributed by atoms with Crippen LogP contribution in [0.15, 0.2) is 33.6 Å². The van der Waals surface area contributed by atoms with Gasteiger partial charge in [-0.05, 0) is 48.9 Å². The molecular weight excluding hydrogens is 314 g/mol. The van der Waals surface area contributed by atoms with Gasteiger partial charge in [0.05, 0.1) is 4.90 Å². The second-order valence-electron chi connectivity index (χ2n) is 5.68. The molecule has 18 heavy (non-hydrogen) atoms. The molecule has 5 heteroatoms. The summed E-state index contributed by atoms with van der Waals surface area (Å²) in [7, 11) is -3.38. The average molecular weight is 332 g/mol. The Balaban J connectivity index is 2.11. The summed E-state index contributed by atoms with van der Waals surface area (Å²) in [6.07, 6.45) is 2.89. The highest BCUT2D eigenvalue weighted by atomic mass is 79.9. The minimum Gasteiger partial charge on any atom is -0.208 e. The normalized spacial score (nSPS) is 23.2. The van der Waals surface area contributed by atoms with Crippen molar-refractivity contribution < 1.29 is 8.42 Å². The monoisotopic (exact) mass is 331 g/mol. The Labute approximate surface area is 117 Å². The fourth-order valence-electron chi connectivity index (χ4n) is 2.44. The minimum atomic E-state index is -3.38. The van der Waals surface area contributed by atoms with Crippen molar-refractivity contribution in [3.8, 4) is 0 Å². The smallest absolute Gasteiger partial charge is 0.208 e. The molecule has 1 atom stereocenters. The van der Waals surface area contributed by atoms with E-state index >= 15 is 0 Å². The fourth-order valence-corrected chi connectivity index (χ4v) is 3.97. The van der Waals surface area contributed by atoms with Crippen LogP contribution in [0.4, 0.5) is 0 Å². The first-order chi connectivity index (χ1) is 8.28. The fraction of sp³-hybridized carbons (Fsp3) is 0.538. The minimum absolute atomic E-state index is 0.0636. The maximum absolute atomic E-state index is 12.2. The standard InChI is InChI=1S/C13H18BrNO2S/c1-13(2)8-7-11(9-13)15-18(16,17)12-5-3-10(14)4-6-12/h3-6,11,15H,7-9H2,1-2H3. The van der Waals surface area contributed by atoms with Crippen molar-refractivity contribution in [2.24, 2.45) is 5.41 Å². The van der Waals surface area contributed by atoms with Crippen LogP contribution in [0.5, 0.6) is 0 Å². The van der Waals surface area contributed by atoms with Crippen molar-refractivity contribution >= 4 is 26.0 Å². The van der Waals surface area contributed by atoms with E-state index in [4.69, 9.17) is 0 Å². The van der Waals surface area contributed by atoms with Gasteiger partial charge in [0, 0.05) is 10.5 Å². The van der Waals surface area contributed by atoms with Gasteiger partial charge in [0.15, 0.2) is 0 Å². The van der Waals surface area contributed by atoms with Crippen molar-refractivity contribution in [3.05, 3.63) is 28.7 Å². The van der Waals surface area contributed by atoms with Gasteiger partial charge < -0.3 is 0 Å². The lowest BCUT2D eigenvalue weighted by Gasteiger charge is -2.17. The summed E-state index contributed by atoms with van der Waals surface area (Å²) in [5.41, 5.74) is 0.243. The maximum atomic E-state index is 12.2. The van der Waals surface area contributed by atoms with Crippen molar-refractivity contribution in [2.45, 2.75) is 44.0 Å². The van der Waals surface area contributed by atoms with Gasteiger partial charge in [-0.15, -0.1) is 0 Å². The third-order valence-electron chi connectivity index (χ3n) is 3.41. The lowest BCUT2D eigenvalue weighted by molar-refractivity contribution is 0.372. The molecule has 2 rings (SSSR count). The Morgan fingerprint density at radius 1 is 1.28 bits per heavy atom. The van der Waals surface area contributed by atoms with Gasteiger partial charge in [-0.1, -0.05) is 29.8 Å². The summed E-state index contributed by atoms with van der Waals surface area (Å²) >= 11 is 3.30. The molecule has 1 fully saturated rings. The van der Waals surface area contributed by atoms with Crippen LogP contribution in [0, 0.1) is 5.41 Å². The van der Waals surface area contributed by atoms with Crippen LogP contribution in [0.25, 0.3) is 0 Å².